The molecular formula is C26H20Cl2N2O3S2. The van der Waals surface area contributed by atoms with Gasteiger partial charge in [-0.05, 0) is 66.1 Å². The predicted molar refractivity (Wildman–Crippen MR) is 149 cm³/mol. The lowest BCUT2D eigenvalue weighted by atomic mass is 10.1. The molecule has 35 heavy (non-hydrogen) atoms. The van der Waals surface area contributed by atoms with Gasteiger partial charge in [-0.3, -0.25) is 14.5 Å². The molecule has 5 nitrogen and oxygen atoms in total. The van der Waals surface area contributed by atoms with Gasteiger partial charge in [-0.25, -0.2) is 0 Å². The lowest BCUT2D eigenvalue weighted by Gasteiger charge is -2.14. The van der Waals surface area contributed by atoms with Gasteiger partial charge in [0.15, 0.2) is 10.9 Å². The number of hydrogen-bond donors (Lipinski definition) is 1. The van der Waals surface area contributed by atoms with Crippen LogP contribution in [0, 0.1) is 0 Å². The van der Waals surface area contributed by atoms with Gasteiger partial charge in [0.1, 0.15) is 5.75 Å². The molecule has 2 amide bonds. The minimum Gasteiger partial charge on any atom is -0.484 e. The number of hydrogen-bond acceptors (Lipinski definition) is 5. The van der Waals surface area contributed by atoms with E-state index in [2.05, 4.69) is 12.2 Å². The fourth-order valence-corrected chi connectivity index (χ4v) is 5.18. The van der Waals surface area contributed by atoms with Crippen molar-refractivity contribution in [1.82, 2.24) is 0 Å². The molecule has 0 radical (unpaired) electrons. The minimum atomic E-state index is -0.344. The van der Waals surface area contributed by atoms with E-state index in [-0.39, 0.29) is 18.4 Å². The Morgan fingerprint density at radius 3 is 2.34 bits per heavy atom. The van der Waals surface area contributed by atoms with Gasteiger partial charge in [0.2, 0.25) is 0 Å². The number of carbonyl (C=O) groups excluding carboxylic acids is 2. The zero-order valence-electron chi connectivity index (χ0n) is 18.6. The Labute approximate surface area is 223 Å². The van der Waals surface area contributed by atoms with Gasteiger partial charge in [-0.15, -0.1) is 0 Å². The van der Waals surface area contributed by atoms with Gasteiger partial charge in [0, 0.05) is 15.7 Å². The zero-order chi connectivity index (χ0) is 24.9. The Balaban J connectivity index is 1.36. The maximum Gasteiger partial charge on any atom is 0.270 e. The molecule has 178 valence electrons. The van der Waals surface area contributed by atoms with E-state index in [4.69, 9.17) is 40.2 Å². The SMILES string of the molecule is CCc1ccc(N2C(=O)/C(=C/c3ccc(OCC(=O)Nc4cc(Cl)cc(Cl)c4)cc3)SC2=S)cc1. The summed E-state index contributed by atoms with van der Waals surface area (Å²) in [5.74, 6) is 0.0235. The van der Waals surface area contributed by atoms with Crippen LogP contribution in [0.5, 0.6) is 5.75 Å². The van der Waals surface area contributed by atoms with Crippen molar-refractivity contribution in [2.45, 2.75) is 13.3 Å². The van der Waals surface area contributed by atoms with E-state index in [1.165, 1.54) is 17.3 Å². The number of carbonyl (C=O) groups is 2. The van der Waals surface area contributed by atoms with Crippen molar-refractivity contribution >= 4 is 80.8 Å². The van der Waals surface area contributed by atoms with Crippen LogP contribution in [0.15, 0.2) is 71.6 Å². The normalized spacial score (nSPS) is 14.5. The molecule has 3 aromatic carbocycles. The molecule has 0 saturated carbocycles. The topological polar surface area (TPSA) is 58.6 Å². The first kappa shape index (κ1) is 25.3. The van der Waals surface area contributed by atoms with Gasteiger partial charge in [0.05, 0.1) is 10.6 Å². The fourth-order valence-electron chi connectivity index (χ4n) is 3.35. The van der Waals surface area contributed by atoms with E-state index in [1.54, 1.807) is 41.3 Å². The molecule has 1 heterocycles. The summed E-state index contributed by atoms with van der Waals surface area (Å²) in [5, 5.41) is 3.54. The second kappa shape index (κ2) is 11.3. The molecule has 0 unspecified atom stereocenters. The molecule has 0 aromatic heterocycles. The standard InChI is InChI=1S/C26H20Cl2N2O3S2/c1-2-16-3-7-21(8-4-16)30-25(32)23(35-26(30)34)11-17-5-9-22(10-6-17)33-15-24(31)29-20-13-18(27)12-19(28)14-20/h3-14H,2,15H2,1H3,(H,29,31)/b23-11-. The summed E-state index contributed by atoms with van der Waals surface area (Å²) in [5.41, 5.74) is 3.26. The van der Waals surface area contributed by atoms with Crippen LogP contribution in [0.1, 0.15) is 18.1 Å². The molecule has 1 fully saturated rings. The summed E-state index contributed by atoms with van der Waals surface area (Å²) in [6.45, 7) is 1.90. The van der Waals surface area contributed by atoms with E-state index in [0.717, 1.165) is 17.7 Å². The van der Waals surface area contributed by atoms with Crippen molar-refractivity contribution < 1.29 is 14.3 Å². The molecule has 1 saturated heterocycles. The Kier molecular flexibility index (Phi) is 8.13. The number of amides is 2. The average Bonchev–Trinajstić information content (AvgIpc) is 3.10. The molecule has 3 aromatic rings. The van der Waals surface area contributed by atoms with E-state index >= 15 is 0 Å². The summed E-state index contributed by atoms with van der Waals surface area (Å²) in [6.07, 6.45) is 2.72. The lowest BCUT2D eigenvalue weighted by Crippen LogP contribution is -2.27. The Morgan fingerprint density at radius 2 is 1.71 bits per heavy atom. The van der Waals surface area contributed by atoms with Crippen LogP contribution in [0.3, 0.4) is 0 Å². The van der Waals surface area contributed by atoms with Gasteiger partial charge >= 0.3 is 0 Å². The van der Waals surface area contributed by atoms with Gasteiger partial charge < -0.3 is 10.1 Å². The number of benzene rings is 3. The first-order valence-electron chi connectivity index (χ1n) is 10.7. The Bertz CT molecular complexity index is 1290. The molecule has 0 atom stereocenters. The summed E-state index contributed by atoms with van der Waals surface area (Å²) in [7, 11) is 0. The highest BCUT2D eigenvalue weighted by Crippen LogP contribution is 2.36. The molecular weight excluding hydrogens is 523 g/mol. The highest BCUT2D eigenvalue weighted by molar-refractivity contribution is 8.27. The quantitative estimate of drug-likeness (QED) is 0.257. The molecule has 9 heteroatoms. The van der Waals surface area contributed by atoms with Crippen LogP contribution in [0.4, 0.5) is 11.4 Å². The van der Waals surface area contributed by atoms with Crippen LogP contribution in [0.25, 0.3) is 6.08 Å². The molecule has 4 rings (SSSR count). The number of thiocarbonyl (C=S) groups is 1. The van der Waals surface area contributed by atoms with Crippen molar-refractivity contribution in [2.24, 2.45) is 0 Å². The minimum absolute atomic E-state index is 0.151. The number of aryl methyl sites for hydroxylation is 1. The van der Waals surface area contributed by atoms with E-state index < -0.39 is 0 Å². The number of rotatable bonds is 7. The number of ether oxygens (including phenoxy) is 1. The first-order chi connectivity index (χ1) is 16.8. The number of nitrogens with zero attached hydrogens (tertiary/aromatic N) is 1. The smallest absolute Gasteiger partial charge is 0.270 e. The van der Waals surface area contributed by atoms with E-state index in [9.17, 15) is 9.59 Å². The Morgan fingerprint density at radius 1 is 1.06 bits per heavy atom. The predicted octanol–water partition coefficient (Wildman–Crippen LogP) is 6.98. The Hall–Kier alpha value is -2.84. The molecule has 0 bridgehead atoms. The van der Waals surface area contributed by atoms with Crippen molar-refractivity contribution in [3.63, 3.8) is 0 Å². The molecule has 1 N–H and O–H groups in total. The summed E-state index contributed by atoms with van der Waals surface area (Å²) >= 11 is 18.6. The maximum absolute atomic E-state index is 13.0. The van der Waals surface area contributed by atoms with Crippen molar-refractivity contribution in [1.29, 1.82) is 0 Å². The molecule has 1 aliphatic rings. The molecule has 1 aliphatic heterocycles. The van der Waals surface area contributed by atoms with Crippen molar-refractivity contribution in [3.8, 4) is 5.75 Å². The van der Waals surface area contributed by atoms with E-state index in [0.29, 0.717) is 30.7 Å². The number of halogens is 2. The molecule has 0 aliphatic carbocycles. The number of anilines is 2. The second-order valence-electron chi connectivity index (χ2n) is 7.60. The van der Waals surface area contributed by atoms with Gasteiger partial charge in [-0.1, -0.05) is 78.4 Å². The third kappa shape index (κ3) is 6.44. The van der Waals surface area contributed by atoms with Gasteiger partial charge in [0.25, 0.3) is 11.8 Å². The maximum atomic E-state index is 13.0. The summed E-state index contributed by atoms with van der Waals surface area (Å²) < 4.78 is 6.06. The third-order valence-corrected chi connectivity index (χ3v) is 6.83. The van der Waals surface area contributed by atoms with E-state index in [1.807, 2.05) is 36.4 Å². The van der Waals surface area contributed by atoms with Crippen LogP contribution in [0.2, 0.25) is 10.0 Å². The van der Waals surface area contributed by atoms with Crippen LogP contribution < -0.4 is 15.0 Å². The lowest BCUT2D eigenvalue weighted by molar-refractivity contribution is -0.118. The summed E-state index contributed by atoms with van der Waals surface area (Å²) in [6, 6.07) is 19.7. The monoisotopic (exact) mass is 542 g/mol. The first-order valence-corrected chi connectivity index (χ1v) is 12.7. The number of nitrogens with one attached hydrogen (secondary N) is 1. The van der Waals surface area contributed by atoms with Crippen molar-refractivity contribution in [3.05, 3.63) is 92.8 Å². The zero-order valence-corrected chi connectivity index (χ0v) is 21.7. The third-order valence-electron chi connectivity index (χ3n) is 5.09. The van der Waals surface area contributed by atoms with Crippen LogP contribution in [-0.4, -0.2) is 22.7 Å². The van der Waals surface area contributed by atoms with Crippen LogP contribution >= 0.6 is 47.2 Å². The largest absolute Gasteiger partial charge is 0.484 e. The number of thioether (sulfide) groups is 1. The average molecular weight is 543 g/mol. The fraction of sp³-hybridized carbons (Fsp3) is 0.115. The highest BCUT2D eigenvalue weighted by atomic mass is 35.5. The molecule has 0 spiro atoms. The summed E-state index contributed by atoms with van der Waals surface area (Å²) in [4.78, 5) is 27.2. The van der Waals surface area contributed by atoms with Crippen LogP contribution in [-0.2, 0) is 16.0 Å². The highest BCUT2D eigenvalue weighted by Gasteiger charge is 2.33. The van der Waals surface area contributed by atoms with Gasteiger partial charge in [-0.2, -0.15) is 0 Å². The second-order valence-corrected chi connectivity index (χ2v) is 10.1. The van der Waals surface area contributed by atoms with Crippen molar-refractivity contribution in [2.75, 3.05) is 16.8 Å².